The molecule has 1 N–H and O–H groups in total. The highest BCUT2D eigenvalue weighted by Gasteiger charge is 2.13. The van der Waals surface area contributed by atoms with Crippen molar-refractivity contribution >= 4 is 33.2 Å². The van der Waals surface area contributed by atoms with E-state index in [1.165, 1.54) is 0 Å². The predicted molar refractivity (Wildman–Crippen MR) is 93.7 cm³/mol. The molecular formula is C17H19BrClNO. The monoisotopic (exact) mass is 367 g/mol. The molecule has 2 aromatic rings. The molecule has 0 saturated heterocycles. The summed E-state index contributed by atoms with van der Waals surface area (Å²) < 4.78 is 6.45. The third-order valence-electron chi connectivity index (χ3n) is 3.61. The van der Waals surface area contributed by atoms with Crippen LogP contribution in [-0.2, 0) is 0 Å². The van der Waals surface area contributed by atoms with E-state index in [9.17, 15) is 0 Å². The van der Waals surface area contributed by atoms with Crippen molar-refractivity contribution in [3.8, 4) is 5.75 Å². The molecule has 0 aliphatic heterocycles. The first-order valence-electron chi connectivity index (χ1n) is 6.79. The number of anilines is 1. The van der Waals surface area contributed by atoms with Gasteiger partial charge in [-0.1, -0.05) is 39.7 Å². The zero-order valence-corrected chi connectivity index (χ0v) is 15.0. The van der Waals surface area contributed by atoms with E-state index in [0.717, 1.165) is 37.6 Å². The molecule has 0 bridgehead atoms. The van der Waals surface area contributed by atoms with Crippen molar-refractivity contribution in [3.05, 3.63) is 56.5 Å². The smallest absolute Gasteiger partial charge is 0.126 e. The number of ether oxygens (including phenoxy) is 1. The van der Waals surface area contributed by atoms with Gasteiger partial charge in [-0.3, -0.25) is 0 Å². The van der Waals surface area contributed by atoms with Crippen LogP contribution in [0.2, 0.25) is 5.02 Å². The van der Waals surface area contributed by atoms with Gasteiger partial charge in [0, 0.05) is 20.7 Å². The Bertz CT molecular complexity index is 657. The number of aryl methyl sites for hydroxylation is 1. The number of rotatable bonds is 4. The molecule has 0 saturated carbocycles. The summed E-state index contributed by atoms with van der Waals surface area (Å²) in [6.45, 7) is 6.20. The van der Waals surface area contributed by atoms with E-state index >= 15 is 0 Å². The van der Waals surface area contributed by atoms with E-state index < -0.39 is 0 Å². The van der Waals surface area contributed by atoms with Gasteiger partial charge in [0.2, 0.25) is 0 Å². The summed E-state index contributed by atoms with van der Waals surface area (Å²) in [6.07, 6.45) is 0. The van der Waals surface area contributed by atoms with Crippen molar-refractivity contribution in [2.45, 2.75) is 26.8 Å². The number of benzene rings is 2. The summed E-state index contributed by atoms with van der Waals surface area (Å²) in [6, 6.07) is 10.2. The molecule has 0 aromatic heterocycles. The summed E-state index contributed by atoms with van der Waals surface area (Å²) in [5.41, 5.74) is 4.37. The van der Waals surface area contributed by atoms with E-state index in [-0.39, 0.29) is 6.04 Å². The fraction of sp³-hybridized carbons (Fsp3) is 0.294. The van der Waals surface area contributed by atoms with Gasteiger partial charge in [-0.15, -0.1) is 0 Å². The molecule has 112 valence electrons. The Labute approximate surface area is 139 Å². The Balaban J connectivity index is 2.29. The maximum absolute atomic E-state index is 6.32. The van der Waals surface area contributed by atoms with Gasteiger partial charge in [-0.2, -0.15) is 0 Å². The minimum Gasteiger partial charge on any atom is -0.496 e. The average Bonchev–Trinajstić information content (AvgIpc) is 2.42. The summed E-state index contributed by atoms with van der Waals surface area (Å²) in [5, 5.41) is 4.26. The molecule has 0 radical (unpaired) electrons. The zero-order valence-electron chi connectivity index (χ0n) is 12.6. The zero-order chi connectivity index (χ0) is 15.6. The molecule has 0 aliphatic rings. The minimum absolute atomic E-state index is 0.108. The molecular weight excluding hydrogens is 350 g/mol. The molecule has 0 amide bonds. The van der Waals surface area contributed by atoms with E-state index in [1.807, 2.05) is 25.1 Å². The fourth-order valence-electron chi connectivity index (χ4n) is 2.46. The lowest BCUT2D eigenvalue weighted by Crippen LogP contribution is -2.09. The SMILES string of the molecule is COc1c(C)ccc(NC(C)c2ccc(Br)cc2Cl)c1C. The second kappa shape index (κ2) is 6.71. The van der Waals surface area contributed by atoms with Gasteiger partial charge in [0.05, 0.1) is 13.2 Å². The Morgan fingerprint density at radius 2 is 1.90 bits per heavy atom. The fourth-order valence-corrected chi connectivity index (χ4v) is 3.30. The van der Waals surface area contributed by atoms with Crippen molar-refractivity contribution in [1.82, 2.24) is 0 Å². The van der Waals surface area contributed by atoms with Gasteiger partial charge in [0.15, 0.2) is 0 Å². The van der Waals surface area contributed by atoms with Crippen molar-refractivity contribution in [3.63, 3.8) is 0 Å². The highest BCUT2D eigenvalue weighted by Crippen LogP contribution is 2.33. The van der Waals surface area contributed by atoms with Gasteiger partial charge >= 0.3 is 0 Å². The lowest BCUT2D eigenvalue weighted by atomic mass is 10.1. The first kappa shape index (κ1) is 16.2. The summed E-state index contributed by atoms with van der Waals surface area (Å²) in [5.74, 6) is 0.925. The lowest BCUT2D eigenvalue weighted by molar-refractivity contribution is 0.409. The highest BCUT2D eigenvalue weighted by atomic mass is 79.9. The molecule has 1 unspecified atom stereocenters. The maximum Gasteiger partial charge on any atom is 0.126 e. The van der Waals surface area contributed by atoms with Crippen LogP contribution in [0, 0.1) is 13.8 Å². The van der Waals surface area contributed by atoms with E-state index in [1.54, 1.807) is 7.11 Å². The van der Waals surface area contributed by atoms with Crippen LogP contribution < -0.4 is 10.1 Å². The third kappa shape index (κ3) is 3.53. The van der Waals surface area contributed by atoms with E-state index in [0.29, 0.717) is 0 Å². The molecule has 0 fully saturated rings. The van der Waals surface area contributed by atoms with Gasteiger partial charge in [0.25, 0.3) is 0 Å². The molecule has 0 aliphatic carbocycles. The highest BCUT2D eigenvalue weighted by molar-refractivity contribution is 9.10. The summed E-state index contributed by atoms with van der Waals surface area (Å²) in [4.78, 5) is 0. The van der Waals surface area contributed by atoms with Gasteiger partial charge in [-0.25, -0.2) is 0 Å². The van der Waals surface area contributed by atoms with Gasteiger partial charge in [-0.05, 0) is 50.1 Å². The molecule has 2 nitrogen and oxygen atoms in total. The topological polar surface area (TPSA) is 21.3 Å². The number of hydrogen-bond donors (Lipinski definition) is 1. The van der Waals surface area contributed by atoms with Crippen LogP contribution in [0.5, 0.6) is 5.75 Å². The predicted octanol–water partition coefficient (Wildman–Crippen LogP) is 5.90. The second-order valence-corrected chi connectivity index (χ2v) is 6.44. The standard InChI is InChI=1S/C17H19BrClNO/c1-10-5-8-16(11(2)17(10)21-4)20-12(3)14-7-6-13(18)9-15(14)19/h5-9,12,20H,1-4H3. The lowest BCUT2D eigenvalue weighted by Gasteiger charge is -2.20. The molecule has 1 atom stereocenters. The summed E-state index contributed by atoms with van der Waals surface area (Å²) >= 11 is 9.75. The van der Waals surface area contributed by atoms with Crippen LogP contribution in [0.1, 0.15) is 29.7 Å². The normalized spacial score (nSPS) is 12.1. The number of methoxy groups -OCH3 is 1. The molecule has 2 aromatic carbocycles. The van der Waals surface area contributed by atoms with E-state index in [4.69, 9.17) is 16.3 Å². The Hall–Kier alpha value is -1.19. The molecule has 2 rings (SSSR count). The largest absolute Gasteiger partial charge is 0.496 e. The van der Waals surface area contributed by atoms with Crippen LogP contribution in [-0.4, -0.2) is 7.11 Å². The molecule has 4 heteroatoms. The van der Waals surface area contributed by atoms with Crippen LogP contribution >= 0.6 is 27.5 Å². The van der Waals surface area contributed by atoms with Crippen LogP contribution in [0.15, 0.2) is 34.8 Å². The van der Waals surface area contributed by atoms with Crippen molar-refractivity contribution < 1.29 is 4.74 Å². The molecule has 21 heavy (non-hydrogen) atoms. The number of nitrogens with one attached hydrogen (secondary N) is 1. The first-order valence-corrected chi connectivity index (χ1v) is 7.96. The van der Waals surface area contributed by atoms with Crippen LogP contribution in [0.25, 0.3) is 0 Å². The third-order valence-corrected chi connectivity index (χ3v) is 4.43. The minimum atomic E-state index is 0.108. The maximum atomic E-state index is 6.32. The van der Waals surface area contributed by atoms with Gasteiger partial charge in [0.1, 0.15) is 5.75 Å². The van der Waals surface area contributed by atoms with E-state index in [2.05, 4.69) is 47.2 Å². The molecule has 0 spiro atoms. The number of hydrogen-bond acceptors (Lipinski definition) is 2. The van der Waals surface area contributed by atoms with Crippen LogP contribution in [0.4, 0.5) is 5.69 Å². The van der Waals surface area contributed by atoms with Crippen molar-refractivity contribution in [2.24, 2.45) is 0 Å². The van der Waals surface area contributed by atoms with Crippen LogP contribution in [0.3, 0.4) is 0 Å². The van der Waals surface area contributed by atoms with Crippen molar-refractivity contribution in [1.29, 1.82) is 0 Å². The number of halogens is 2. The Morgan fingerprint density at radius 1 is 1.19 bits per heavy atom. The average molecular weight is 369 g/mol. The second-order valence-electron chi connectivity index (χ2n) is 5.12. The Morgan fingerprint density at radius 3 is 2.52 bits per heavy atom. The quantitative estimate of drug-likeness (QED) is 0.725. The van der Waals surface area contributed by atoms with Crippen molar-refractivity contribution in [2.75, 3.05) is 12.4 Å². The van der Waals surface area contributed by atoms with Gasteiger partial charge < -0.3 is 10.1 Å². The summed E-state index contributed by atoms with van der Waals surface area (Å²) in [7, 11) is 1.70. The first-order chi connectivity index (χ1) is 9.93. The molecule has 0 heterocycles. The Kier molecular flexibility index (Phi) is 5.17.